The summed E-state index contributed by atoms with van der Waals surface area (Å²) in [5.74, 6) is 0.200. The molecule has 0 amide bonds. The van der Waals surface area contributed by atoms with Gasteiger partial charge in [-0.2, -0.15) is 0 Å². The van der Waals surface area contributed by atoms with E-state index in [1.54, 1.807) is 19.2 Å². The molecule has 0 saturated carbocycles. The van der Waals surface area contributed by atoms with Gasteiger partial charge in [0.1, 0.15) is 0 Å². The number of nitrogens with one attached hydrogen (secondary N) is 1. The maximum atomic E-state index is 11.8. The van der Waals surface area contributed by atoms with Crippen LogP contribution in [0, 0.1) is 6.92 Å². The third-order valence-electron chi connectivity index (χ3n) is 3.03. The number of carbonyl (C=O) groups excluding carboxylic acids is 1. The SMILES string of the molecule is COC(=O)c1cc(C)ccc1NCc1cccc(OC)n1. The first kappa shape index (κ1) is 14.8. The molecule has 0 aliphatic rings. The molecule has 0 atom stereocenters. The van der Waals surface area contributed by atoms with E-state index in [1.165, 1.54) is 7.11 Å². The highest BCUT2D eigenvalue weighted by Crippen LogP contribution is 2.19. The Morgan fingerprint density at radius 3 is 2.76 bits per heavy atom. The molecule has 0 aliphatic carbocycles. The number of anilines is 1. The van der Waals surface area contributed by atoms with Crippen LogP contribution in [0.1, 0.15) is 21.6 Å². The van der Waals surface area contributed by atoms with Crippen LogP contribution in [0.3, 0.4) is 0 Å². The van der Waals surface area contributed by atoms with Crippen molar-refractivity contribution in [1.29, 1.82) is 0 Å². The van der Waals surface area contributed by atoms with Crippen molar-refractivity contribution in [2.75, 3.05) is 19.5 Å². The fourth-order valence-electron chi connectivity index (χ4n) is 1.95. The Balaban J connectivity index is 2.17. The third kappa shape index (κ3) is 3.72. The number of rotatable bonds is 5. The standard InChI is InChI=1S/C16H18N2O3/c1-11-7-8-14(13(9-11)16(19)21-3)17-10-12-5-4-6-15(18-12)20-2/h4-9,17H,10H2,1-3H3. The molecule has 0 spiro atoms. The lowest BCUT2D eigenvalue weighted by Crippen LogP contribution is -2.09. The molecule has 0 unspecified atom stereocenters. The lowest BCUT2D eigenvalue weighted by molar-refractivity contribution is 0.0601. The van der Waals surface area contributed by atoms with Crippen molar-refractivity contribution in [2.24, 2.45) is 0 Å². The number of hydrogen-bond donors (Lipinski definition) is 1. The van der Waals surface area contributed by atoms with Gasteiger partial charge >= 0.3 is 5.97 Å². The quantitative estimate of drug-likeness (QED) is 0.856. The highest BCUT2D eigenvalue weighted by atomic mass is 16.5. The van der Waals surface area contributed by atoms with Crippen LogP contribution in [0.5, 0.6) is 5.88 Å². The van der Waals surface area contributed by atoms with Gasteiger partial charge in [-0.15, -0.1) is 0 Å². The highest BCUT2D eigenvalue weighted by Gasteiger charge is 2.12. The van der Waals surface area contributed by atoms with Gasteiger partial charge in [0.25, 0.3) is 0 Å². The maximum absolute atomic E-state index is 11.8. The van der Waals surface area contributed by atoms with E-state index in [0.717, 1.165) is 16.9 Å². The first-order valence-electron chi connectivity index (χ1n) is 6.57. The Morgan fingerprint density at radius 1 is 1.24 bits per heavy atom. The zero-order chi connectivity index (χ0) is 15.2. The second-order valence-corrected chi connectivity index (χ2v) is 4.57. The monoisotopic (exact) mass is 286 g/mol. The lowest BCUT2D eigenvalue weighted by atomic mass is 10.1. The predicted octanol–water partition coefficient (Wildman–Crippen LogP) is 2.80. The maximum Gasteiger partial charge on any atom is 0.339 e. The Bertz CT molecular complexity index is 641. The van der Waals surface area contributed by atoms with E-state index < -0.39 is 0 Å². The van der Waals surface area contributed by atoms with Crippen molar-refractivity contribution in [1.82, 2.24) is 4.98 Å². The molecular formula is C16H18N2O3. The molecule has 0 bridgehead atoms. The number of aromatic nitrogens is 1. The topological polar surface area (TPSA) is 60.5 Å². The summed E-state index contributed by atoms with van der Waals surface area (Å²) in [4.78, 5) is 16.1. The molecule has 1 aromatic heterocycles. The largest absolute Gasteiger partial charge is 0.481 e. The molecular weight excluding hydrogens is 268 g/mol. The number of hydrogen-bond acceptors (Lipinski definition) is 5. The molecule has 1 aromatic carbocycles. The summed E-state index contributed by atoms with van der Waals surface area (Å²) in [5, 5.41) is 3.20. The highest BCUT2D eigenvalue weighted by molar-refractivity contribution is 5.95. The van der Waals surface area contributed by atoms with Crippen LogP contribution in [-0.2, 0) is 11.3 Å². The Hall–Kier alpha value is -2.56. The molecule has 2 aromatic rings. The average Bonchev–Trinajstić information content (AvgIpc) is 2.53. The molecule has 0 aliphatic heterocycles. The number of esters is 1. The van der Waals surface area contributed by atoms with Gasteiger partial charge in [0, 0.05) is 11.8 Å². The Kier molecular flexibility index (Phi) is 4.77. The number of nitrogens with zero attached hydrogens (tertiary/aromatic N) is 1. The van der Waals surface area contributed by atoms with Gasteiger partial charge in [-0.25, -0.2) is 9.78 Å². The van der Waals surface area contributed by atoms with E-state index in [9.17, 15) is 4.79 Å². The van der Waals surface area contributed by atoms with Crippen LogP contribution < -0.4 is 10.1 Å². The van der Waals surface area contributed by atoms with Gasteiger partial charge in [-0.05, 0) is 25.1 Å². The van der Waals surface area contributed by atoms with Gasteiger partial charge in [-0.1, -0.05) is 17.7 Å². The molecule has 1 heterocycles. The van der Waals surface area contributed by atoms with Crippen molar-refractivity contribution in [2.45, 2.75) is 13.5 Å². The summed E-state index contributed by atoms with van der Waals surface area (Å²) in [6.07, 6.45) is 0. The number of pyridine rings is 1. The number of benzene rings is 1. The zero-order valence-corrected chi connectivity index (χ0v) is 12.3. The van der Waals surface area contributed by atoms with Gasteiger partial charge in [0.15, 0.2) is 0 Å². The summed E-state index contributed by atoms with van der Waals surface area (Å²) < 4.78 is 9.89. The van der Waals surface area contributed by atoms with Crippen LogP contribution in [0.2, 0.25) is 0 Å². The molecule has 0 radical (unpaired) electrons. The number of ether oxygens (including phenoxy) is 2. The first-order valence-corrected chi connectivity index (χ1v) is 6.57. The second-order valence-electron chi connectivity index (χ2n) is 4.57. The normalized spacial score (nSPS) is 10.0. The second kappa shape index (κ2) is 6.74. The fraction of sp³-hybridized carbons (Fsp3) is 0.250. The first-order chi connectivity index (χ1) is 10.1. The number of aryl methyl sites for hydroxylation is 1. The minimum atomic E-state index is -0.361. The summed E-state index contributed by atoms with van der Waals surface area (Å²) in [6.45, 7) is 2.42. The van der Waals surface area contributed by atoms with E-state index in [-0.39, 0.29) is 5.97 Å². The predicted molar refractivity (Wildman–Crippen MR) is 80.6 cm³/mol. The van der Waals surface area contributed by atoms with Gasteiger partial charge in [0.05, 0.1) is 32.0 Å². The van der Waals surface area contributed by atoms with Gasteiger partial charge in [0.2, 0.25) is 5.88 Å². The van der Waals surface area contributed by atoms with Crippen LogP contribution in [0.25, 0.3) is 0 Å². The molecule has 0 saturated heterocycles. The van der Waals surface area contributed by atoms with E-state index in [2.05, 4.69) is 10.3 Å². The van der Waals surface area contributed by atoms with Crippen LogP contribution >= 0.6 is 0 Å². The molecule has 5 nitrogen and oxygen atoms in total. The van der Waals surface area contributed by atoms with Gasteiger partial charge in [-0.3, -0.25) is 0 Å². The van der Waals surface area contributed by atoms with Crippen molar-refractivity contribution in [3.63, 3.8) is 0 Å². The van der Waals surface area contributed by atoms with E-state index in [0.29, 0.717) is 18.0 Å². The Labute approximate surface area is 123 Å². The van der Waals surface area contributed by atoms with Crippen molar-refractivity contribution < 1.29 is 14.3 Å². The van der Waals surface area contributed by atoms with Gasteiger partial charge < -0.3 is 14.8 Å². The summed E-state index contributed by atoms with van der Waals surface area (Å²) in [6, 6.07) is 11.2. The van der Waals surface area contributed by atoms with E-state index in [1.807, 2.05) is 31.2 Å². The Morgan fingerprint density at radius 2 is 2.05 bits per heavy atom. The minimum absolute atomic E-state index is 0.361. The van der Waals surface area contributed by atoms with Crippen LogP contribution in [0.4, 0.5) is 5.69 Å². The van der Waals surface area contributed by atoms with Crippen molar-refractivity contribution in [3.8, 4) is 5.88 Å². The summed E-state index contributed by atoms with van der Waals surface area (Å²) >= 11 is 0. The van der Waals surface area contributed by atoms with Crippen molar-refractivity contribution in [3.05, 3.63) is 53.2 Å². The van der Waals surface area contributed by atoms with Crippen molar-refractivity contribution >= 4 is 11.7 Å². The summed E-state index contributed by atoms with van der Waals surface area (Å²) in [5.41, 5.74) is 3.06. The number of carbonyl (C=O) groups is 1. The van der Waals surface area contributed by atoms with Crippen LogP contribution in [0.15, 0.2) is 36.4 Å². The third-order valence-corrected chi connectivity index (χ3v) is 3.03. The minimum Gasteiger partial charge on any atom is -0.481 e. The molecule has 2 rings (SSSR count). The van der Waals surface area contributed by atoms with E-state index >= 15 is 0 Å². The molecule has 1 N–H and O–H groups in total. The molecule has 21 heavy (non-hydrogen) atoms. The molecule has 0 fully saturated rings. The molecule has 110 valence electrons. The smallest absolute Gasteiger partial charge is 0.339 e. The molecule has 5 heteroatoms. The fourth-order valence-corrected chi connectivity index (χ4v) is 1.95. The zero-order valence-electron chi connectivity index (χ0n) is 12.3. The lowest BCUT2D eigenvalue weighted by Gasteiger charge is -2.11. The number of methoxy groups -OCH3 is 2. The van der Waals surface area contributed by atoms with E-state index in [4.69, 9.17) is 9.47 Å². The average molecular weight is 286 g/mol. The summed E-state index contributed by atoms with van der Waals surface area (Å²) in [7, 11) is 2.95. The van der Waals surface area contributed by atoms with Crippen LogP contribution in [-0.4, -0.2) is 25.2 Å².